The fourth-order valence-corrected chi connectivity index (χ4v) is 8.52. The third-order valence-electron chi connectivity index (χ3n) is 11.1. The highest BCUT2D eigenvalue weighted by Gasteiger charge is 2.51. The maximum absolute atomic E-state index is 6.64. The van der Waals surface area contributed by atoms with Crippen LogP contribution in [-0.4, -0.2) is 19.9 Å². The molecule has 0 unspecified atom stereocenters. The van der Waals surface area contributed by atoms with Gasteiger partial charge < -0.3 is 4.74 Å². The molecule has 1 aliphatic heterocycles. The van der Waals surface area contributed by atoms with Crippen molar-refractivity contribution in [2.75, 3.05) is 0 Å². The molecular formula is C51H32N4O. The molecule has 7 aromatic carbocycles. The van der Waals surface area contributed by atoms with Crippen LogP contribution in [0.2, 0.25) is 0 Å². The Labute approximate surface area is 324 Å². The number of benzene rings is 7. The van der Waals surface area contributed by atoms with Crippen LogP contribution in [0.15, 0.2) is 194 Å². The zero-order chi connectivity index (χ0) is 37.1. The molecule has 0 N–H and O–H groups in total. The first-order valence-corrected chi connectivity index (χ1v) is 18.8. The molecule has 1 aliphatic carbocycles. The van der Waals surface area contributed by atoms with E-state index in [0.717, 1.165) is 72.8 Å². The Morgan fingerprint density at radius 2 is 0.786 bits per heavy atom. The van der Waals surface area contributed by atoms with Crippen LogP contribution in [0, 0.1) is 0 Å². The predicted octanol–water partition coefficient (Wildman–Crippen LogP) is 12.1. The summed E-state index contributed by atoms with van der Waals surface area (Å²) in [5.41, 5.74) is 13.2. The number of hydrogen-bond donors (Lipinski definition) is 0. The first kappa shape index (κ1) is 32.0. The number of fused-ring (bicyclic) bond motifs is 9. The fraction of sp³-hybridized carbons (Fsp3) is 0.0196. The third-order valence-corrected chi connectivity index (χ3v) is 11.1. The number of pyridine rings is 1. The highest BCUT2D eigenvalue weighted by atomic mass is 16.5. The molecule has 0 bridgehead atoms. The van der Waals surface area contributed by atoms with Crippen LogP contribution in [0.25, 0.3) is 67.7 Å². The second-order valence-corrected chi connectivity index (χ2v) is 14.2. The van der Waals surface area contributed by atoms with Crippen molar-refractivity contribution in [2.24, 2.45) is 0 Å². The van der Waals surface area contributed by atoms with Crippen molar-refractivity contribution >= 4 is 0 Å². The summed E-state index contributed by atoms with van der Waals surface area (Å²) in [7, 11) is 0. The Bertz CT molecular complexity index is 2880. The van der Waals surface area contributed by atoms with Crippen LogP contribution in [-0.2, 0) is 5.41 Å². The van der Waals surface area contributed by atoms with Gasteiger partial charge in [-0.2, -0.15) is 0 Å². The monoisotopic (exact) mass is 716 g/mol. The standard InChI is InChI=1S/C51H32N4O/c1-3-13-33(14-4-1)34-22-24-36(25-23-34)49-53-48(35-15-5-2-6-16-35)54-50(55-49)38-27-29-40-39-28-26-37(45-19-11-12-30-52-45)31-43(39)51(44(40)32-38)41-17-7-9-20-46(41)56-47-21-10-8-18-42(47)51/h1-32H. The molecule has 9 aromatic rings. The number of hydrogen-bond acceptors (Lipinski definition) is 5. The lowest BCUT2D eigenvalue weighted by Gasteiger charge is -2.39. The van der Waals surface area contributed by atoms with Crippen molar-refractivity contribution < 1.29 is 4.74 Å². The lowest BCUT2D eigenvalue weighted by molar-refractivity contribution is 0.436. The zero-order valence-corrected chi connectivity index (χ0v) is 30.2. The van der Waals surface area contributed by atoms with E-state index in [1.807, 2.05) is 66.9 Å². The minimum Gasteiger partial charge on any atom is -0.457 e. The van der Waals surface area contributed by atoms with E-state index in [1.165, 1.54) is 11.1 Å². The highest BCUT2D eigenvalue weighted by molar-refractivity contribution is 5.91. The van der Waals surface area contributed by atoms with Crippen LogP contribution in [0.3, 0.4) is 0 Å². The molecule has 262 valence electrons. The molecule has 3 heterocycles. The molecule has 1 spiro atoms. The lowest BCUT2D eigenvalue weighted by atomic mass is 9.65. The summed E-state index contributed by atoms with van der Waals surface area (Å²) < 4.78 is 6.64. The number of rotatable bonds is 5. The van der Waals surface area contributed by atoms with Crippen LogP contribution >= 0.6 is 0 Å². The quantitative estimate of drug-likeness (QED) is 0.177. The number of ether oxygens (including phenoxy) is 1. The fourth-order valence-electron chi connectivity index (χ4n) is 8.52. The Hall–Kier alpha value is -7.50. The van der Waals surface area contributed by atoms with E-state index in [2.05, 4.69) is 127 Å². The van der Waals surface area contributed by atoms with E-state index < -0.39 is 5.41 Å². The van der Waals surface area contributed by atoms with E-state index >= 15 is 0 Å². The first-order valence-electron chi connectivity index (χ1n) is 18.8. The van der Waals surface area contributed by atoms with Crippen molar-refractivity contribution in [1.29, 1.82) is 0 Å². The molecule has 2 aliphatic rings. The molecule has 11 rings (SSSR count). The van der Waals surface area contributed by atoms with Gasteiger partial charge in [-0.3, -0.25) is 4.98 Å². The number of para-hydroxylation sites is 2. The third kappa shape index (κ3) is 5.02. The van der Waals surface area contributed by atoms with Crippen molar-refractivity contribution in [1.82, 2.24) is 19.9 Å². The lowest BCUT2D eigenvalue weighted by Crippen LogP contribution is -2.32. The van der Waals surface area contributed by atoms with Crippen LogP contribution in [0.5, 0.6) is 11.5 Å². The molecule has 56 heavy (non-hydrogen) atoms. The molecule has 0 radical (unpaired) electrons. The highest BCUT2D eigenvalue weighted by Crippen LogP contribution is 2.62. The summed E-state index contributed by atoms with van der Waals surface area (Å²) in [5, 5.41) is 0. The summed E-state index contributed by atoms with van der Waals surface area (Å²) in [6.07, 6.45) is 1.85. The minimum absolute atomic E-state index is 0.609. The summed E-state index contributed by atoms with van der Waals surface area (Å²) >= 11 is 0. The van der Waals surface area contributed by atoms with Crippen molar-refractivity contribution in [2.45, 2.75) is 5.41 Å². The van der Waals surface area contributed by atoms with Gasteiger partial charge in [0, 0.05) is 39.6 Å². The zero-order valence-electron chi connectivity index (χ0n) is 30.2. The summed E-state index contributed by atoms with van der Waals surface area (Å²) in [6, 6.07) is 65.3. The average Bonchev–Trinajstić information content (AvgIpc) is 3.56. The van der Waals surface area contributed by atoms with Gasteiger partial charge in [-0.25, -0.2) is 15.0 Å². The molecule has 0 fully saturated rings. The maximum atomic E-state index is 6.64. The Kier molecular flexibility index (Phi) is 7.32. The first-order chi connectivity index (χ1) is 27.7. The van der Waals surface area contributed by atoms with Crippen molar-refractivity contribution in [3.8, 4) is 79.2 Å². The smallest absolute Gasteiger partial charge is 0.164 e. The average molecular weight is 717 g/mol. The largest absolute Gasteiger partial charge is 0.457 e. The maximum Gasteiger partial charge on any atom is 0.164 e. The van der Waals surface area contributed by atoms with Crippen LogP contribution in [0.1, 0.15) is 22.3 Å². The van der Waals surface area contributed by atoms with Gasteiger partial charge in [0.25, 0.3) is 0 Å². The van der Waals surface area contributed by atoms with Crippen LogP contribution < -0.4 is 4.74 Å². The minimum atomic E-state index is -0.678. The SMILES string of the molecule is c1ccc(-c2ccc(-c3nc(-c4ccccc4)nc(-c4ccc5c(c4)C4(c6ccccc6Oc6ccccc64)c4cc(-c6ccccn6)ccc4-5)n3)cc2)cc1. The molecule has 0 atom stereocenters. The van der Waals surface area contributed by atoms with Gasteiger partial charge in [-0.15, -0.1) is 0 Å². The van der Waals surface area contributed by atoms with Gasteiger partial charge in [0.2, 0.25) is 0 Å². The molecule has 0 saturated heterocycles. The summed E-state index contributed by atoms with van der Waals surface area (Å²) in [6.45, 7) is 0. The number of aromatic nitrogens is 4. The molecule has 0 amide bonds. The molecule has 5 nitrogen and oxygen atoms in total. The Balaban J connectivity index is 1.14. The van der Waals surface area contributed by atoms with E-state index in [4.69, 9.17) is 24.7 Å². The molecule has 2 aromatic heterocycles. The van der Waals surface area contributed by atoms with Gasteiger partial charge in [-0.05, 0) is 69.8 Å². The van der Waals surface area contributed by atoms with E-state index in [1.54, 1.807) is 0 Å². The van der Waals surface area contributed by atoms with Gasteiger partial charge in [-0.1, -0.05) is 152 Å². The van der Waals surface area contributed by atoms with E-state index in [9.17, 15) is 0 Å². The van der Waals surface area contributed by atoms with Gasteiger partial charge in [0.05, 0.1) is 11.1 Å². The second kappa shape index (κ2) is 12.8. The topological polar surface area (TPSA) is 60.8 Å². The van der Waals surface area contributed by atoms with Crippen LogP contribution in [0.4, 0.5) is 0 Å². The summed E-state index contributed by atoms with van der Waals surface area (Å²) in [4.78, 5) is 20.1. The molecule has 5 heteroatoms. The molecule has 0 saturated carbocycles. The predicted molar refractivity (Wildman–Crippen MR) is 222 cm³/mol. The number of nitrogens with zero attached hydrogens (tertiary/aromatic N) is 4. The van der Waals surface area contributed by atoms with Gasteiger partial charge in [0.1, 0.15) is 11.5 Å². The van der Waals surface area contributed by atoms with Crippen molar-refractivity contribution in [3.63, 3.8) is 0 Å². The normalized spacial score (nSPS) is 12.9. The van der Waals surface area contributed by atoms with E-state index in [-0.39, 0.29) is 0 Å². The van der Waals surface area contributed by atoms with Gasteiger partial charge >= 0.3 is 0 Å². The Morgan fingerprint density at radius 3 is 1.39 bits per heavy atom. The summed E-state index contributed by atoms with van der Waals surface area (Å²) in [5.74, 6) is 3.53. The van der Waals surface area contributed by atoms with E-state index in [0.29, 0.717) is 17.5 Å². The molecular weight excluding hydrogens is 685 g/mol. The van der Waals surface area contributed by atoms with Crippen molar-refractivity contribution in [3.05, 3.63) is 217 Å². The van der Waals surface area contributed by atoms with Gasteiger partial charge in [0.15, 0.2) is 17.5 Å². The Morgan fingerprint density at radius 1 is 0.339 bits per heavy atom. The second-order valence-electron chi connectivity index (χ2n) is 14.2.